The lowest BCUT2D eigenvalue weighted by Crippen LogP contribution is -2.23. The third-order valence-electron chi connectivity index (χ3n) is 1.82. The van der Waals surface area contributed by atoms with Crippen LogP contribution in [-0.2, 0) is 4.74 Å². The predicted octanol–water partition coefficient (Wildman–Crippen LogP) is -0.787. The van der Waals surface area contributed by atoms with Gasteiger partial charge in [-0.1, -0.05) is 0 Å². The zero-order valence-electron chi connectivity index (χ0n) is 5.63. The zero-order valence-corrected chi connectivity index (χ0v) is 5.63. The molecular formula is C6H13NO2. The normalized spacial score (nSPS) is 35.3. The molecule has 1 fully saturated rings. The Morgan fingerprint density at radius 3 is 2.89 bits per heavy atom. The molecule has 0 spiro atoms. The molecule has 1 aliphatic rings. The minimum absolute atomic E-state index is 0.218. The highest BCUT2D eigenvalue weighted by atomic mass is 16.5. The van der Waals surface area contributed by atoms with Gasteiger partial charge in [0.15, 0.2) is 0 Å². The van der Waals surface area contributed by atoms with Gasteiger partial charge in [-0.2, -0.15) is 0 Å². The molecule has 0 amide bonds. The van der Waals surface area contributed by atoms with Crippen LogP contribution in [0.2, 0.25) is 0 Å². The first-order valence-electron chi connectivity index (χ1n) is 3.23. The van der Waals surface area contributed by atoms with Crippen molar-refractivity contribution in [2.24, 2.45) is 5.92 Å². The molecule has 2 atom stereocenters. The molecule has 0 radical (unpaired) electrons. The van der Waals surface area contributed by atoms with Crippen LogP contribution in [0.3, 0.4) is 0 Å². The van der Waals surface area contributed by atoms with Gasteiger partial charge < -0.3 is 15.2 Å². The van der Waals surface area contributed by atoms with Crippen molar-refractivity contribution in [3.05, 3.63) is 0 Å². The van der Waals surface area contributed by atoms with Crippen LogP contribution in [0.1, 0.15) is 0 Å². The fourth-order valence-corrected chi connectivity index (χ4v) is 1.17. The lowest BCUT2D eigenvalue weighted by molar-refractivity contribution is 0.0576. The molecule has 0 aromatic rings. The summed E-state index contributed by atoms with van der Waals surface area (Å²) in [5.41, 5.74) is 0. The quantitative estimate of drug-likeness (QED) is 0.516. The summed E-state index contributed by atoms with van der Waals surface area (Å²) in [5, 5.41) is 11.9. The van der Waals surface area contributed by atoms with Crippen LogP contribution in [0, 0.1) is 5.92 Å². The van der Waals surface area contributed by atoms with Crippen molar-refractivity contribution in [2.75, 3.05) is 26.8 Å². The van der Waals surface area contributed by atoms with Crippen LogP contribution in [0.5, 0.6) is 0 Å². The number of ether oxygens (including phenoxy) is 1. The van der Waals surface area contributed by atoms with Crippen LogP contribution in [-0.4, -0.2) is 38.0 Å². The van der Waals surface area contributed by atoms with E-state index in [0.717, 1.165) is 13.1 Å². The van der Waals surface area contributed by atoms with E-state index in [1.165, 1.54) is 0 Å². The van der Waals surface area contributed by atoms with E-state index >= 15 is 0 Å². The van der Waals surface area contributed by atoms with Gasteiger partial charge in [0.05, 0.1) is 6.10 Å². The summed E-state index contributed by atoms with van der Waals surface area (Å²) in [5.74, 6) is 0.301. The van der Waals surface area contributed by atoms with Crippen LogP contribution in [0.25, 0.3) is 0 Å². The number of aliphatic hydroxyl groups is 1. The molecule has 1 heterocycles. The molecule has 0 aliphatic carbocycles. The number of hydrogen-bond acceptors (Lipinski definition) is 3. The predicted molar refractivity (Wildman–Crippen MR) is 34.2 cm³/mol. The molecule has 0 bridgehead atoms. The van der Waals surface area contributed by atoms with E-state index in [0.29, 0.717) is 5.92 Å². The summed E-state index contributed by atoms with van der Waals surface area (Å²) in [4.78, 5) is 0. The fourth-order valence-electron chi connectivity index (χ4n) is 1.17. The average molecular weight is 131 g/mol. The van der Waals surface area contributed by atoms with Gasteiger partial charge in [-0.15, -0.1) is 0 Å². The van der Waals surface area contributed by atoms with Gasteiger partial charge in [0.1, 0.15) is 0 Å². The molecule has 0 aromatic carbocycles. The second-order valence-corrected chi connectivity index (χ2v) is 2.38. The monoisotopic (exact) mass is 131 g/mol. The van der Waals surface area contributed by atoms with Gasteiger partial charge in [0.2, 0.25) is 0 Å². The Morgan fingerprint density at radius 2 is 2.44 bits per heavy atom. The molecule has 0 saturated carbocycles. The second kappa shape index (κ2) is 3.15. The number of rotatable bonds is 2. The molecular weight excluding hydrogens is 118 g/mol. The minimum Gasteiger partial charge on any atom is -0.396 e. The van der Waals surface area contributed by atoms with E-state index in [2.05, 4.69) is 5.32 Å². The van der Waals surface area contributed by atoms with Crippen molar-refractivity contribution >= 4 is 0 Å². The molecule has 1 saturated heterocycles. The molecule has 0 unspecified atom stereocenters. The van der Waals surface area contributed by atoms with Crippen molar-refractivity contribution in [3.63, 3.8) is 0 Å². The van der Waals surface area contributed by atoms with E-state index < -0.39 is 0 Å². The van der Waals surface area contributed by atoms with Gasteiger partial charge in [0.25, 0.3) is 0 Å². The molecule has 3 heteroatoms. The SMILES string of the molecule is CO[C@@H]1CNC[C@@H]1CO. The number of nitrogens with one attached hydrogen (secondary N) is 1. The molecule has 2 N–H and O–H groups in total. The van der Waals surface area contributed by atoms with E-state index in [-0.39, 0.29) is 12.7 Å². The molecule has 1 aliphatic heterocycles. The molecule has 1 rings (SSSR count). The third kappa shape index (κ3) is 1.41. The Bertz CT molecular complexity index is 77.1. The van der Waals surface area contributed by atoms with Crippen molar-refractivity contribution in [1.29, 1.82) is 0 Å². The molecule has 54 valence electrons. The summed E-state index contributed by atoms with van der Waals surface area (Å²) in [6.45, 7) is 1.99. The van der Waals surface area contributed by atoms with E-state index in [1.54, 1.807) is 7.11 Å². The Balaban J connectivity index is 2.32. The first kappa shape index (κ1) is 6.99. The van der Waals surface area contributed by atoms with Gasteiger partial charge in [-0.25, -0.2) is 0 Å². The maximum atomic E-state index is 8.75. The number of hydrogen-bond donors (Lipinski definition) is 2. The van der Waals surface area contributed by atoms with Crippen molar-refractivity contribution < 1.29 is 9.84 Å². The minimum atomic E-state index is 0.218. The number of methoxy groups -OCH3 is 1. The van der Waals surface area contributed by atoms with E-state index in [9.17, 15) is 0 Å². The van der Waals surface area contributed by atoms with Crippen LogP contribution >= 0.6 is 0 Å². The van der Waals surface area contributed by atoms with Gasteiger partial charge >= 0.3 is 0 Å². The number of aliphatic hydroxyl groups excluding tert-OH is 1. The molecule has 0 aromatic heterocycles. The Kier molecular flexibility index (Phi) is 2.45. The van der Waals surface area contributed by atoms with Crippen LogP contribution in [0.15, 0.2) is 0 Å². The maximum absolute atomic E-state index is 8.75. The standard InChI is InChI=1S/C6H13NO2/c1-9-6-3-7-2-5(6)4-8/h5-8H,2-4H2,1H3/t5-,6-/m1/s1. The van der Waals surface area contributed by atoms with Crippen LogP contribution < -0.4 is 5.32 Å². The molecule has 3 nitrogen and oxygen atoms in total. The van der Waals surface area contributed by atoms with Crippen LogP contribution in [0.4, 0.5) is 0 Å². The van der Waals surface area contributed by atoms with E-state index in [4.69, 9.17) is 9.84 Å². The summed E-state index contributed by atoms with van der Waals surface area (Å²) >= 11 is 0. The van der Waals surface area contributed by atoms with Gasteiger partial charge in [0, 0.05) is 32.7 Å². The lowest BCUT2D eigenvalue weighted by atomic mass is 10.1. The molecule has 9 heavy (non-hydrogen) atoms. The van der Waals surface area contributed by atoms with Gasteiger partial charge in [-0.3, -0.25) is 0 Å². The Hall–Kier alpha value is -0.120. The highest BCUT2D eigenvalue weighted by molar-refractivity contribution is 4.80. The summed E-state index contributed by atoms with van der Waals surface area (Å²) in [6, 6.07) is 0. The third-order valence-corrected chi connectivity index (χ3v) is 1.82. The highest BCUT2D eigenvalue weighted by Crippen LogP contribution is 2.09. The maximum Gasteiger partial charge on any atom is 0.0757 e. The lowest BCUT2D eigenvalue weighted by Gasteiger charge is -2.12. The van der Waals surface area contributed by atoms with Crippen molar-refractivity contribution in [2.45, 2.75) is 6.10 Å². The topological polar surface area (TPSA) is 41.5 Å². The smallest absolute Gasteiger partial charge is 0.0757 e. The van der Waals surface area contributed by atoms with Crippen molar-refractivity contribution in [1.82, 2.24) is 5.32 Å². The Morgan fingerprint density at radius 1 is 1.67 bits per heavy atom. The zero-order chi connectivity index (χ0) is 6.69. The first-order valence-corrected chi connectivity index (χ1v) is 3.23. The van der Waals surface area contributed by atoms with E-state index in [1.807, 2.05) is 0 Å². The largest absolute Gasteiger partial charge is 0.396 e. The van der Waals surface area contributed by atoms with Gasteiger partial charge in [-0.05, 0) is 0 Å². The summed E-state index contributed by atoms with van der Waals surface area (Å²) < 4.78 is 5.09. The summed E-state index contributed by atoms with van der Waals surface area (Å²) in [6.07, 6.45) is 0.218. The summed E-state index contributed by atoms with van der Waals surface area (Å²) in [7, 11) is 1.68. The highest BCUT2D eigenvalue weighted by Gasteiger charge is 2.25. The second-order valence-electron chi connectivity index (χ2n) is 2.38. The Labute approximate surface area is 55.0 Å². The first-order chi connectivity index (χ1) is 4.38. The van der Waals surface area contributed by atoms with Crippen molar-refractivity contribution in [3.8, 4) is 0 Å². The fraction of sp³-hybridized carbons (Fsp3) is 1.00. The average Bonchev–Trinajstić information content (AvgIpc) is 2.33.